The van der Waals surface area contributed by atoms with E-state index in [4.69, 9.17) is 16.7 Å². The van der Waals surface area contributed by atoms with Crippen LogP contribution in [0.4, 0.5) is 4.79 Å². The smallest absolute Gasteiger partial charge is 0.329 e. The zero-order valence-electron chi connectivity index (χ0n) is 11.0. The van der Waals surface area contributed by atoms with E-state index in [1.54, 1.807) is 12.1 Å². The number of amides is 2. The summed E-state index contributed by atoms with van der Waals surface area (Å²) in [5, 5.41) is 15.0. The van der Waals surface area contributed by atoms with Crippen molar-refractivity contribution in [2.75, 3.05) is 6.54 Å². The van der Waals surface area contributed by atoms with Gasteiger partial charge in [-0.3, -0.25) is 0 Å². The van der Waals surface area contributed by atoms with Crippen LogP contribution in [0.2, 0.25) is 5.02 Å². The van der Waals surface area contributed by atoms with Crippen LogP contribution in [0.25, 0.3) is 0 Å². The van der Waals surface area contributed by atoms with E-state index in [-0.39, 0.29) is 0 Å². The highest BCUT2D eigenvalue weighted by molar-refractivity contribution is 6.30. The third-order valence-corrected chi connectivity index (χ3v) is 3.83. The van der Waals surface area contributed by atoms with Crippen molar-refractivity contribution in [2.24, 2.45) is 0 Å². The molecule has 1 aromatic carbocycles. The van der Waals surface area contributed by atoms with Gasteiger partial charge in [0.25, 0.3) is 0 Å². The number of carboxylic acid groups (broad SMARTS) is 1. The van der Waals surface area contributed by atoms with Gasteiger partial charge in [0.1, 0.15) is 5.54 Å². The first-order valence-electron chi connectivity index (χ1n) is 6.56. The van der Waals surface area contributed by atoms with E-state index >= 15 is 0 Å². The van der Waals surface area contributed by atoms with Gasteiger partial charge >= 0.3 is 12.0 Å². The molecule has 2 amide bonds. The molecule has 0 radical (unpaired) electrons. The number of aliphatic carboxylic acids is 1. The Hall–Kier alpha value is -1.75. The van der Waals surface area contributed by atoms with Crippen LogP contribution in [0.3, 0.4) is 0 Å². The molecule has 0 spiro atoms. The normalized spacial score (nSPS) is 16.1. The number of carbonyl (C=O) groups excluding carboxylic acids is 1. The minimum Gasteiger partial charge on any atom is -0.480 e. The third kappa shape index (κ3) is 3.42. The fourth-order valence-corrected chi connectivity index (χ4v) is 2.28. The molecule has 0 bridgehead atoms. The monoisotopic (exact) mass is 296 g/mol. The number of urea groups is 1. The zero-order chi connectivity index (χ0) is 14.6. The van der Waals surface area contributed by atoms with Gasteiger partial charge in [-0.25, -0.2) is 9.59 Å². The van der Waals surface area contributed by atoms with Gasteiger partial charge in [-0.15, -0.1) is 0 Å². The molecule has 0 unspecified atom stereocenters. The van der Waals surface area contributed by atoms with E-state index in [9.17, 15) is 9.59 Å². The van der Waals surface area contributed by atoms with Crippen LogP contribution in [-0.2, 0) is 11.2 Å². The molecule has 0 aliphatic heterocycles. The highest BCUT2D eigenvalue weighted by atomic mass is 35.5. The first-order chi connectivity index (χ1) is 9.52. The Kier molecular flexibility index (Phi) is 4.49. The number of carbonyl (C=O) groups is 2. The molecule has 0 atom stereocenters. The largest absolute Gasteiger partial charge is 0.480 e. The molecule has 0 saturated heterocycles. The van der Waals surface area contributed by atoms with Crippen LogP contribution in [0.5, 0.6) is 0 Å². The molecule has 108 valence electrons. The average molecular weight is 297 g/mol. The van der Waals surface area contributed by atoms with E-state index in [1.807, 2.05) is 12.1 Å². The number of hydrogen-bond acceptors (Lipinski definition) is 2. The summed E-state index contributed by atoms with van der Waals surface area (Å²) in [7, 11) is 0. The highest BCUT2D eigenvalue weighted by Gasteiger charge is 2.45. The molecule has 1 aromatic rings. The summed E-state index contributed by atoms with van der Waals surface area (Å²) >= 11 is 5.79. The van der Waals surface area contributed by atoms with E-state index < -0.39 is 17.5 Å². The van der Waals surface area contributed by atoms with Crippen molar-refractivity contribution in [2.45, 2.75) is 31.2 Å². The summed E-state index contributed by atoms with van der Waals surface area (Å²) in [6, 6.07) is 6.95. The van der Waals surface area contributed by atoms with Gasteiger partial charge in [-0.05, 0) is 43.4 Å². The van der Waals surface area contributed by atoms with E-state index in [2.05, 4.69) is 10.6 Å². The Morgan fingerprint density at radius 3 is 2.40 bits per heavy atom. The molecule has 6 heteroatoms. The minimum absolute atomic E-state index is 0.430. The van der Waals surface area contributed by atoms with Crippen LogP contribution < -0.4 is 10.6 Å². The Morgan fingerprint density at radius 2 is 1.90 bits per heavy atom. The lowest BCUT2D eigenvalue weighted by Gasteiger charge is -2.38. The van der Waals surface area contributed by atoms with Crippen LogP contribution >= 0.6 is 11.6 Å². The van der Waals surface area contributed by atoms with Crippen LogP contribution in [-0.4, -0.2) is 29.2 Å². The Balaban J connectivity index is 1.75. The standard InChI is InChI=1S/C14H17ClN2O3/c15-11-4-2-10(3-5-11)6-9-16-13(20)17-14(12(18)19)7-1-8-14/h2-5H,1,6-9H2,(H,18,19)(H2,16,17,20). The SMILES string of the molecule is O=C(NCCc1ccc(Cl)cc1)NC1(C(=O)O)CCC1. The van der Waals surface area contributed by atoms with Gasteiger partial charge in [0, 0.05) is 11.6 Å². The maximum absolute atomic E-state index is 11.7. The van der Waals surface area contributed by atoms with Crippen molar-refractivity contribution in [3.63, 3.8) is 0 Å². The van der Waals surface area contributed by atoms with Crippen molar-refractivity contribution in [3.05, 3.63) is 34.9 Å². The predicted octanol–water partition coefficient (Wildman–Crippen LogP) is 2.19. The van der Waals surface area contributed by atoms with Gasteiger partial charge in [0.05, 0.1) is 0 Å². The molecular formula is C14H17ClN2O3. The lowest BCUT2D eigenvalue weighted by atomic mass is 9.77. The maximum atomic E-state index is 11.7. The van der Waals surface area contributed by atoms with Crippen molar-refractivity contribution in [3.8, 4) is 0 Å². The molecule has 5 nitrogen and oxygen atoms in total. The number of carboxylic acids is 1. The first kappa shape index (κ1) is 14.7. The molecule has 1 fully saturated rings. The van der Waals surface area contributed by atoms with E-state index in [1.165, 1.54) is 0 Å². The van der Waals surface area contributed by atoms with E-state index in [0.29, 0.717) is 30.8 Å². The van der Waals surface area contributed by atoms with E-state index in [0.717, 1.165) is 12.0 Å². The number of benzene rings is 1. The Labute approximate surface area is 122 Å². The second-order valence-electron chi connectivity index (χ2n) is 5.00. The highest BCUT2D eigenvalue weighted by Crippen LogP contribution is 2.31. The first-order valence-corrected chi connectivity index (χ1v) is 6.93. The number of halogens is 1. The second kappa shape index (κ2) is 6.13. The Morgan fingerprint density at radius 1 is 1.25 bits per heavy atom. The topological polar surface area (TPSA) is 78.4 Å². The molecule has 0 aromatic heterocycles. The van der Waals surface area contributed by atoms with Gasteiger partial charge in [0.2, 0.25) is 0 Å². The van der Waals surface area contributed by atoms with Crippen molar-refractivity contribution in [1.29, 1.82) is 0 Å². The number of hydrogen-bond donors (Lipinski definition) is 3. The lowest BCUT2D eigenvalue weighted by molar-refractivity contribution is -0.148. The molecule has 1 aliphatic rings. The third-order valence-electron chi connectivity index (χ3n) is 3.58. The van der Waals surface area contributed by atoms with Crippen molar-refractivity contribution < 1.29 is 14.7 Å². The number of rotatable bonds is 5. The van der Waals surface area contributed by atoms with Crippen LogP contribution in [0.1, 0.15) is 24.8 Å². The quantitative estimate of drug-likeness (QED) is 0.779. The van der Waals surface area contributed by atoms with Gasteiger partial charge < -0.3 is 15.7 Å². The summed E-state index contributed by atoms with van der Waals surface area (Å²) in [6.07, 6.45) is 2.49. The molecule has 3 N–H and O–H groups in total. The van der Waals surface area contributed by atoms with Crippen LogP contribution in [0.15, 0.2) is 24.3 Å². The summed E-state index contributed by atoms with van der Waals surface area (Å²) in [4.78, 5) is 22.8. The zero-order valence-corrected chi connectivity index (χ0v) is 11.7. The molecule has 1 saturated carbocycles. The van der Waals surface area contributed by atoms with Crippen molar-refractivity contribution in [1.82, 2.24) is 10.6 Å². The van der Waals surface area contributed by atoms with Crippen molar-refractivity contribution >= 4 is 23.6 Å². The van der Waals surface area contributed by atoms with Gasteiger partial charge in [0.15, 0.2) is 0 Å². The average Bonchev–Trinajstić information content (AvgIpc) is 2.36. The van der Waals surface area contributed by atoms with Crippen LogP contribution in [0, 0.1) is 0 Å². The fourth-order valence-electron chi connectivity index (χ4n) is 2.16. The summed E-state index contributed by atoms with van der Waals surface area (Å²) in [6.45, 7) is 0.448. The molecular weight excluding hydrogens is 280 g/mol. The summed E-state index contributed by atoms with van der Waals surface area (Å²) < 4.78 is 0. The van der Waals surface area contributed by atoms with Gasteiger partial charge in [-0.1, -0.05) is 23.7 Å². The molecule has 1 aliphatic carbocycles. The lowest BCUT2D eigenvalue weighted by Crippen LogP contribution is -2.61. The molecule has 20 heavy (non-hydrogen) atoms. The summed E-state index contributed by atoms with van der Waals surface area (Å²) in [5.41, 5.74) is -0.00374. The Bertz CT molecular complexity index is 498. The predicted molar refractivity (Wildman–Crippen MR) is 75.9 cm³/mol. The summed E-state index contributed by atoms with van der Waals surface area (Å²) in [5.74, 6) is -0.961. The molecule has 0 heterocycles. The minimum atomic E-state index is -1.07. The van der Waals surface area contributed by atoms with Gasteiger partial charge in [-0.2, -0.15) is 0 Å². The molecule has 2 rings (SSSR count). The second-order valence-corrected chi connectivity index (χ2v) is 5.43. The number of nitrogens with one attached hydrogen (secondary N) is 2. The fraction of sp³-hybridized carbons (Fsp3) is 0.429. The maximum Gasteiger partial charge on any atom is 0.329 e.